The van der Waals surface area contributed by atoms with Crippen molar-refractivity contribution in [1.29, 1.82) is 0 Å². The molecule has 0 saturated heterocycles. The zero-order valence-electron chi connectivity index (χ0n) is 14.0. The van der Waals surface area contributed by atoms with E-state index in [-0.39, 0.29) is 30.5 Å². The van der Waals surface area contributed by atoms with Crippen molar-refractivity contribution in [1.82, 2.24) is 5.32 Å². The van der Waals surface area contributed by atoms with E-state index in [4.69, 9.17) is 10.5 Å². The third-order valence-electron chi connectivity index (χ3n) is 3.46. The minimum absolute atomic E-state index is 0. The fraction of sp³-hybridized carbons (Fsp3) is 0.588. The first-order valence-corrected chi connectivity index (χ1v) is 7.62. The van der Waals surface area contributed by atoms with Gasteiger partial charge in [-0.15, -0.1) is 12.4 Å². The fourth-order valence-electron chi connectivity index (χ4n) is 2.54. The highest BCUT2D eigenvalue weighted by Crippen LogP contribution is 2.18. The summed E-state index contributed by atoms with van der Waals surface area (Å²) >= 11 is 0. The molecule has 0 aliphatic carbocycles. The van der Waals surface area contributed by atoms with Gasteiger partial charge in [0.25, 0.3) is 5.91 Å². The Morgan fingerprint density at radius 3 is 2.55 bits per heavy atom. The molecule has 3 N–H and O–H groups in total. The molecular weight excluding hydrogens is 300 g/mol. The zero-order chi connectivity index (χ0) is 15.9. The summed E-state index contributed by atoms with van der Waals surface area (Å²) in [7, 11) is 0. The van der Waals surface area contributed by atoms with Gasteiger partial charge in [0, 0.05) is 12.1 Å². The van der Waals surface area contributed by atoms with E-state index in [0.717, 1.165) is 24.2 Å². The van der Waals surface area contributed by atoms with E-state index in [0.29, 0.717) is 12.5 Å². The van der Waals surface area contributed by atoms with Gasteiger partial charge >= 0.3 is 0 Å². The standard InChI is InChI=1S/C17H28N2O2.ClH/c1-5-14-8-6-7-9-15(14)21-11-16(20)19-17(4,12-18)10-13(2)3;/h6-9,13H,5,10-12,18H2,1-4H3,(H,19,20);1H. The lowest BCUT2D eigenvalue weighted by atomic mass is 9.91. The second-order valence-corrected chi connectivity index (χ2v) is 6.16. The molecule has 0 saturated carbocycles. The molecule has 1 aromatic rings. The average Bonchev–Trinajstić information content (AvgIpc) is 2.44. The minimum Gasteiger partial charge on any atom is -0.483 e. The minimum atomic E-state index is -0.376. The maximum Gasteiger partial charge on any atom is 0.258 e. The van der Waals surface area contributed by atoms with Crippen LogP contribution in [-0.2, 0) is 11.2 Å². The number of carbonyl (C=O) groups is 1. The van der Waals surface area contributed by atoms with Gasteiger partial charge in [0.05, 0.1) is 0 Å². The Morgan fingerprint density at radius 2 is 2.00 bits per heavy atom. The first-order chi connectivity index (χ1) is 9.90. The molecule has 0 radical (unpaired) electrons. The molecular formula is C17H29ClN2O2. The maximum atomic E-state index is 12.1. The fourth-order valence-corrected chi connectivity index (χ4v) is 2.54. The quantitative estimate of drug-likeness (QED) is 0.771. The van der Waals surface area contributed by atoms with Gasteiger partial charge in [-0.05, 0) is 37.3 Å². The third-order valence-corrected chi connectivity index (χ3v) is 3.46. The summed E-state index contributed by atoms with van der Waals surface area (Å²) in [6.07, 6.45) is 1.73. The lowest BCUT2D eigenvalue weighted by molar-refractivity contribution is -0.125. The number of hydrogen-bond donors (Lipinski definition) is 2. The van der Waals surface area contributed by atoms with Crippen LogP contribution in [0.15, 0.2) is 24.3 Å². The Bertz CT molecular complexity index is 466. The van der Waals surface area contributed by atoms with Gasteiger partial charge < -0.3 is 15.8 Å². The monoisotopic (exact) mass is 328 g/mol. The van der Waals surface area contributed by atoms with Gasteiger partial charge in [-0.2, -0.15) is 0 Å². The second kappa shape index (κ2) is 9.70. The predicted molar refractivity (Wildman–Crippen MR) is 93.6 cm³/mol. The summed E-state index contributed by atoms with van der Waals surface area (Å²) < 4.78 is 5.63. The Balaban J connectivity index is 0.00000441. The number of benzene rings is 1. The number of carbonyl (C=O) groups excluding carboxylic acids is 1. The Labute approximate surface area is 140 Å². The Morgan fingerprint density at radius 1 is 1.36 bits per heavy atom. The molecule has 0 bridgehead atoms. The van der Waals surface area contributed by atoms with Crippen LogP contribution in [0.2, 0.25) is 0 Å². The molecule has 0 aliphatic rings. The Hall–Kier alpha value is -1.26. The predicted octanol–water partition coefficient (Wildman–Crippen LogP) is 2.93. The summed E-state index contributed by atoms with van der Waals surface area (Å²) in [4.78, 5) is 12.1. The van der Waals surface area contributed by atoms with E-state index in [9.17, 15) is 4.79 Å². The summed E-state index contributed by atoms with van der Waals surface area (Å²) in [5, 5.41) is 2.99. The van der Waals surface area contributed by atoms with Gasteiger partial charge in [0.1, 0.15) is 5.75 Å². The van der Waals surface area contributed by atoms with Crippen molar-refractivity contribution in [3.63, 3.8) is 0 Å². The lowest BCUT2D eigenvalue weighted by Crippen LogP contribution is -2.53. The van der Waals surface area contributed by atoms with Crippen LogP contribution in [0.4, 0.5) is 0 Å². The SMILES string of the molecule is CCc1ccccc1OCC(=O)NC(C)(CN)CC(C)C.Cl. The van der Waals surface area contributed by atoms with Gasteiger partial charge in [-0.1, -0.05) is 39.0 Å². The van der Waals surface area contributed by atoms with Crippen molar-refractivity contribution in [3.8, 4) is 5.75 Å². The number of rotatable bonds is 8. The highest BCUT2D eigenvalue weighted by atomic mass is 35.5. The normalized spacial score (nSPS) is 13.2. The molecule has 0 heterocycles. The molecule has 0 aromatic heterocycles. The molecule has 0 spiro atoms. The first kappa shape index (κ1) is 20.7. The van der Waals surface area contributed by atoms with E-state index < -0.39 is 0 Å². The smallest absolute Gasteiger partial charge is 0.258 e. The number of nitrogens with one attached hydrogen (secondary N) is 1. The molecule has 1 atom stereocenters. The molecule has 0 fully saturated rings. The molecule has 5 heteroatoms. The molecule has 1 amide bonds. The molecule has 1 aromatic carbocycles. The number of halogens is 1. The van der Waals surface area contributed by atoms with Crippen LogP contribution in [0.5, 0.6) is 5.75 Å². The number of hydrogen-bond acceptors (Lipinski definition) is 3. The largest absolute Gasteiger partial charge is 0.483 e. The van der Waals surface area contributed by atoms with Crippen molar-refractivity contribution in [2.24, 2.45) is 11.7 Å². The van der Waals surface area contributed by atoms with Crippen LogP contribution >= 0.6 is 12.4 Å². The zero-order valence-corrected chi connectivity index (χ0v) is 14.8. The summed E-state index contributed by atoms with van der Waals surface area (Å²) in [6.45, 7) is 8.72. The van der Waals surface area contributed by atoms with Gasteiger partial charge in [0.15, 0.2) is 6.61 Å². The maximum absolute atomic E-state index is 12.1. The van der Waals surface area contributed by atoms with E-state index in [1.165, 1.54) is 0 Å². The van der Waals surface area contributed by atoms with Crippen LogP contribution in [0.25, 0.3) is 0 Å². The number of amides is 1. The topological polar surface area (TPSA) is 64.3 Å². The molecule has 22 heavy (non-hydrogen) atoms. The van der Waals surface area contributed by atoms with E-state index in [2.05, 4.69) is 26.1 Å². The average molecular weight is 329 g/mol. The second-order valence-electron chi connectivity index (χ2n) is 6.16. The summed E-state index contributed by atoms with van der Waals surface area (Å²) in [5.41, 5.74) is 6.53. The van der Waals surface area contributed by atoms with Crippen LogP contribution in [0.1, 0.15) is 39.7 Å². The van der Waals surface area contributed by atoms with Crippen LogP contribution in [-0.4, -0.2) is 24.6 Å². The highest BCUT2D eigenvalue weighted by Gasteiger charge is 2.25. The van der Waals surface area contributed by atoms with Crippen LogP contribution < -0.4 is 15.8 Å². The molecule has 0 aliphatic heterocycles. The molecule has 4 nitrogen and oxygen atoms in total. The highest BCUT2D eigenvalue weighted by molar-refractivity contribution is 5.85. The van der Waals surface area contributed by atoms with E-state index >= 15 is 0 Å². The van der Waals surface area contributed by atoms with Crippen molar-refractivity contribution < 1.29 is 9.53 Å². The summed E-state index contributed by atoms with van der Waals surface area (Å²) in [6, 6.07) is 7.79. The van der Waals surface area contributed by atoms with Gasteiger partial charge in [-0.25, -0.2) is 0 Å². The van der Waals surface area contributed by atoms with E-state index in [1.54, 1.807) is 0 Å². The Kier molecular flexibility index (Phi) is 9.14. The first-order valence-electron chi connectivity index (χ1n) is 7.62. The van der Waals surface area contributed by atoms with Crippen molar-refractivity contribution in [2.75, 3.05) is 13.2 Å². The number of nitrogens with two attached hydrogens (primary N) is 1. The van der Waals surface area contributed by atoms with Crippen LogP contribution in [0.3, 0.4) is 0 Å². The number of aryl methyl sites for hydroxylation is 1. The number of ether oxygens (including phenoxy) is 1. The molecule has 126 valence electrons. The van der Waals surface area contributed by atoms with Crippen molar-refractivity contribution >= 4 is 18.3 Å². The number of para-hydroxylation sites is 1. The summed E-state index contributed by atoms with van der Waals surface area (Å²) in [5.74, 6) is 1.11. The van der Waals surface area contributed by atoms with Gasteiger partial charge in [-0.3, -0.25) is 4.79 Å². The lowest BCUT2D eigenvalue weighted by Gasteiger charge is -2.31. The molecule has 1 unspecified atom stereocenters. The third kappa shape index (κ3) is 6.67. The molecule has 1 rings (SSSR count). The van der Waals surface area contributed by atoms with Crippen molar-refractivity contribution in [2.45, 2.75) is 46.1 Å². The van der Waals surface area contributed by atoms with Crippen molar-refractivity contribution in [3.05, 3.63) is 29.8 Å². The van der Waals surface area contributed by atoms with Gasteiger partial charge in [0.2, 0.25) is 0 Å². The van der Waals surface area contributed by atoms with E-state index in [1.807, 2.05) is 31.2 Å². The van der Waals surface area contributed by atoms with Crippen LogP contribution in [0, 0.1) is 5.92 Å².